The molecule has 3 aromatic rings. The van der Waals surface area contributed by atoms with Crippen LogP contribution in [0.25, 0.3) is 0 Å². The van der Waals surface area contributed by atoms with Crippen molar-refractivity contribution in [2.24, 2.45) is 0 Å². The fraction of sp³-hybridized carbons (Fsp3) is 0.0909. The normalized spacial score (nSPS) is 11.4. The third kappa shape index (κ3) is 6.07. The molecule has 0 saturated carbocycles. The van der Waals surface area contributed by atoms with Gasteiger partial charge in [-0.2, -0.15) is 0 Å². The van der Waals surface area contributed by atoms with E-state index in [1.54, 1.807) is 55.5 Å². The van der Waals surface area contributed by atoms with Gasteiger partial charge in [-0.1, -0.05) is 23.7 Å². The van der Waals surface area contributed by atoms with Crippen LogP contribution in [-0.2, 0) is 4.79 Å². The van der Waals surface area contributed by atoms with E-state index in [1.165, 1.54) is 30.1 Å². The second-order valence-electron chi connectivity index (χ2n) is 6.44. The van der Waals surface area contributed by atoms with Gasteiger partial charge < -0.3 is 15.7 Å². The Morgan fingerprint density at radius 2 is 1.65 bits per heavy atom. The molecule has 7 nitrogen and oxygen atoms in total. The summed E-state index contributed by atoms with van der Waals surface area (Å²) in [5.74, 6) is -1.47. The minimum Gasteiger partial charge on any atom is -0.478 e. The van der Waals surface area contributed by atoms with Crippen molar-refractivity contribution in [1.82, 2.24) is 4.98 Å². The number of rotatable bonds is 7. The fourth-order valence-electron chi connectivity index (χ4n) is 2.62. The van der Waals surface area contributed by atoms with Gasteiger partial charge in [-0.05, 0) is 55.5 Å². The van der Waals surface area contributed by atoms with Crippen molar-refractivity contribution in [3.05, 3.63) is 83.0 Å². The van der Waals surface area contributed by atoms with Crippen LogP contribution >= 0.6 is 23.4 Å². The molecule has 0 bridgehead atoms. The predicted molar refractivity (Wildman–Crippen MR) is 121 cm³/mol. The minimum absolute atomic E-state index is 0.0674. The number of halogens is 1. The number of aromatic nitrogens is 1. The molecule has 0 spiro atoms. The molecular formula is C22H18ClN3O4S. The Morgan fingerprint density at radius 3 is 2.26 bits per heavy atom. The van der Waals surface area contributed by atoms with Gasteiger partial charge >= 0.3 is 5.97 Å². The number of thioether (sulfide) groups is 1. The van der Waals surface area contributed by atoms with Crippen molar-refractivity contribution in [1.29, 1.82) is 0 Å². The van der Waals surface area contributed by atoms with E-state index in [-0.39, 0.29) is 22.3 Å². The van der Waals surface area contributed by atoms with Crippen LogP contribution in [0, 0.1) is 0 Å². The predicted octanol–water partition coefficient (Wildman–Crippen LogP) is 4.80. The first-order chi connectivity index (χ1) is 14.8. The van der Waals surface area contributed by atoms with E-state index in [1.807, 2.05) is 0 Å². The van der Waals surface area contributed by atoms with Crippen LogP contribution in [0.1, 0.15) is 27.6 Å². The van der Waals surface area contributed by atoms with E-state index in [2.05, 4.69) is 15.6 Å². The molecule has 1 aromatic heterocycles. The third-order valence-corrected chi connectivity index (χ3v) is 5.51. The number of carbonyl (C=O) groups excluding carboxylic acids is 2. The van der Waals surface area contributed by atoms with E-state index in [0.717, 1.165) is 4.90 Å². The van der Waals surface area contributed by atoms with Gasteiger partial charge in [0.25, 0.3) is 5.91 Å². The lowest BCUT2D eigenvalue weighted by Gasteiger charge is -2.12. The van der Waals surface area contributed by atoms with E-state index >= 15 is 0 Å². The van der Waals surface area contributed by atoms with Crippen LogP contribution in [0.2, 0.25) is 5.02 Å². The monoisotopic (exact) mass is 455 g/mol. The number of carboxylic acid groups (broad SMARTS) is 1. The van der Waals surface area contributed by atoms with Crippen LogP contribution in [0.3, 0.4) is 0 Å². The zero-order valence-corrected chi connectivity index (χ0v) is 17.9. The molecule has 0 radical (unpaired) electrons. The molecule has 1 unspecified atom stereocenters. The van der Waals surface area contributed by atoms with Crippen molar-refractivity contribution in [3.8, 4) is 0 Å². The molecule has 3 rings (SSSR count). The van der Waals surface area contributed by atoms with Gasteiger partial charge in [0.05, 0.1) is 21.4 Å². The molecule has 1 atom stereocenters. The van der Waals surface area contributed by atoms with Crippen molar-refractivity contribution >= 4 is 52.7 Å². The first-order valence-corrected chi connectivity index (χ1v) is 10.4. The number of amides is 2. The molecule has 0 aliphatic carbocycles. The van der Waals surface area contributed by atoms with Crippen molar-refractivity contribution in [2.45, 2.75) is 17.1 Å². The van der Waals surface area contributed by atoms with Crippen LogP contribution in [0.4, 0.5) is 11.5 Å². The Morgan fingerprint density at radius 1 is 0.968 bits per heavy atom. The fourth-order valence-corrected chi connectivity index (χ4v) is 3.60. The Labute approximate surface area is 187 Å². The van der Waals surface area contributed by atoms with Crippen LogP contribution in [-0.4, -0.2) is 33.1 Å². The van der Waals surface area contributed by atoms with Gasteiger partial charge in [0.15, 0.2) is 0 Å². The first kappa shape index (κ1) is 22.3. The summed E-state index contributed by atoms with van der Waals surface area (Å²) >= 11 is 7.14. The van der Waals surface area contributed by atoms with Crippen LogP contribution in [0.15, 0.2) is 71.8 Å². The summed E-state index contributed by atoms with van der Waals surface area (Å²) in [7, 11) is 0. The number of carboxylic acids is 1. The molecule has 3 N–H and O–H groups in total. The summed E-state index contributed by atoms with van der Waals surface area (Å²) in [6.45, 7) is 1.77. The number of nitrogens with zero attached hydrogens (tertiary/aromatic N) is 1. The van der Waals surface area contributed by atoms with Crippen LogP contribution < -0.4 is 10.6 Å². The Balaban J connectivity index is 1.60. The average molecular weight is 456 g/mol. The molecular weight excluding hydrogens is 438 g/mol. The quantitative estimate of drug-likeness (QED) is 0.441. The smallest absolute Gasteiger partial charge is 0.336 e. The zero-order valence-electron chi connectivity index (χ0n) is 16.3. The van der Waals surface area contributed by atoms with Crippen molar-refractivity contribution in [2.75, 3.05) is 10.6 Å². The molecule has 31 heavy (non-hydrogen) atoms. The molecule has 158 valence electrons. The number of anilines is 2. The largest absolute Gasteiger partial charge is 0.478 e. The van der Waals surface area contributed by atoms with Gasteiger partial charge in [0.1, 0.15) is 5.82 Å². The van der Waals surface area contributed by atoms with Crippen LogP contribution in [0.5, 0.6) is 0 Å². The molecule has 0 saturated heterocycles. The lowest BCUT2D eigenvalue weighted by atomic mass is 10.1. The van der Waals surface area contributed by atoms with E-state index < -0.39 is 11.9 Å². The zero-order chi connectivity index (χ0) is 22.4. The van der Waals surface area contributed by atoms with Crippen molar-refractivity contribution in [3.63, 3.8) is 0 Å². The molecule has 9 heteroatoms. The van der Waals surface area contributed by atoms with Gasteiger partial charge in [0.2, 0.25) is 5.91 Å². The highest BCUT2D eigenvalue weighted by Crippen LogP contribution is 2.26. The Hall–Kier alpha value is -3.36. The first-order valence-electron chi connectivity index (χ1n) is 9.16. The highest BCUT2D eigenvalue weighted by molar-refractivity contribution is 8.00. The molecule has 2 amide bonds. The van der Waals surface area contributed by atoms with Gasteiger partial charge in [-0.15, -0.1) is 11.8 Å². The molecule has 0 aliphatic heterocycles. The standard InChI is InChI=1S/C22H18ClN3O4S/c1-13(20(27)26-19-11-6-14(23)12-24-19)31-16-9-7-15(8-10-16)25-21(28)17-4-2-3-5-18(17)22(29)30/h2-13H,1H3,(H,25,28)(H,29,30)(H,24,26,27). The Kier molecular flexibility index (Phi) is 7.28. The van der Waals surface area contributed by atoms with E-state index in [4.69, 9.17) is 11.6 Å². The number of hydrogen-bond donors (Lipinski definition) is 3. The summed E-state index contributed by atoms with van der Waals surface area (Å²) in [6, 6.07) is 16.2. The highest BCUT2D eigenvalue weighted by atomic mass is 35.5. The maximum atomic E-state index is 12.4. The topological polar surface area (TPSA) is 108 Å². The molecule has 2 aromatic carbocycles. The van der Waals surface area contributed by atoms with E-state index in [9.17, 15) is 19.5 Å². The summed E-state index contributed by atoms with van der Waals surface area (Å²) in [4.78, 5) is 40.9. The van der Waals surface area contributed by atoms with Gasteiger partial charge in [-0.3, -0.25) is 9.59 Å². The molecule has 0 aliphatic rings. The number of aromatic carboxylic acids is 1. The second kappa shape index (κ2) is 10.1. The lowest BCUT2D eigenvalue weighted by Crippen LogP contribution is -2.22. The number of pyridine rings is 1. The molecule has 0 fully saturated rings. The maximum absolute atomic E-state index is 12.4. The summed E-state index contributed by atoms with van der Waals surface area (Å²) in [5.41, 5.74) is 0.522. The summed E-state index contributed by atoms with van der Waals surface area (Å²) < 4.78 is 0. The Bertz CT molecular complexity index is 1100. The second-order valence-corrected chi connectivity index (χ2v) is 8.29. The van der Waals surface area contributed by atoms with Gasteiger partial charge in [-0.25, -0.2) is 9.78 Å². The SMILES string of the molecule is CC(Sc1ccc(NC(=O)c2ccccc2C(=O)O)cc1)C(=O)Nc1ccc(Cl)cn1. The third-order valence-electron chi connectivity index (χ3n) is 4.18. The van der Waals surface area contributed by atoms with Gasteiger partial charge in [0, 0.05) is 16.8 Å². The number of carbonyl (C=O) groups is 3. The minimum atomic E-state index is -1.17. The van der Waals surface area contributed by atoms with Crippen molar-refractivity contribution < 1.29 is 19.5 Å². The summed E-state index contributed by atoms with van der Waals surface area (Å²) in [5, 5.41) is 14.7. The maximum Gasteiger partial charge on any atom is 0.336 e. The molecule has 1 heterocycles. The number of benzene rings is 2. The number of nitrogens with one attached hydrogen (secondary N) is 2. The summed E-state index contributed by atoms with van der Waals surface area (Å²) in [6.07, 6.45) is 1.46. The lowest BCUT2D eigenvalue weighted by molar-refractivity contribution is -0.115. The highest BCUT2D eigenvalue weighted by Gasteiger charge is 2.17. The number of hydrogen-bond acceptors (Lipinski definition) is 5. The average Bonchev–Trinajstić information content (AvgIpc) is 2.76. The van der Waals surface area contributed by atoms with E-state index in [0.29, 0.717) is 16.5 Å².